The molecule has 0 aromatic heterocycles. The summed E-state index contributed by atoms with van der Waals surface area (Å²) >= 11 is 0. The second-order valence-corrected chi connectivity index (χ2v) is 13.4. The highest BCUT2D eigenvalue weighted by Crippen LogP contribution is 2.14. The first-order valence-corrected chi connectivity index (χ1v) is 20.0. The molecule has 1 amide bonds. The van der Waals surface area contributed by atoms with Gasteiger partial charge in [-0.15, -0.1) is 0 Å². The van der Waals surface area contributed by atoms with Crippen LogP contribution >= 0.6 is 0 Å². The Labute approximate surface area is 291 Å². The van der Waals surface area contributed by atoms with Crippen LogP contribution in [0.25, 0.3) is 0 Å². The van der Waals surface area contributed by atoms with E-state index in [9.17, 15) is 20.1 Å². The van der Waals surface area contributed by atoms with Crippen LogP contribution in [-0.4, -0.2) is 46.1 Å². The zero-order chi connectivity index (χ0) is 34.5. The van der Waals surface area contributed by atoms with E-state index in [1.165, 1.54) is 116 Å². The van der Waals surface area contributed by atoms with Crippen LogP contribution in [0.1, 0.15) is 187 Å². The van der Waals surface area contributed by atoms with E-state index in [2.05, 4.69) is 55.6 Å². The lowest BCUT2D eigenvalue weighted by Gasteiger charge is -2.21. The smallest absolute Gasteiger partial charge is 0.249 e. The van der Waals surface area contributed by atoms with E-state index in [1.54, 1.807) is 6.08 Å². The third-order valence-corrected chi connectivity index (χ3v) is 8.88. The van der Waals surface area contributed by atoms with Crippen molar-refractivity contribution in [1.29, 1.82) is 0 Å². The fraction of sp³-hybridized carbons (Fsp3) is 0.786. The van der Waals surface area contributed by atoms with E-state index < -0.39 is 24.2 Å². The second-order valence-electron chi connectivity index (χ2n) is 13.4. The molecule has 0 heterocycles. The van der Waals surface area contributed by atoms with Crippen molar-refractivity contribution in [3.63, 3.8) is 0 Å². The molecular formula is C42H77NO4. The summed E-state index contributed by atoms with van der Waals surface area (Å²) in [4.78, 5) is 12.4. The minimum Gasteiger partial charge on any atom is -0.394 e. The maximum absolute atomic E-state index is 12.4. The Bertz CT molecular complexity index is 775. The predicted octanol–water partition coefficient (Wildman–Crippen LogP) is 11.0. The molecule has 3 unspecified atom stereocenters. The van der Waals surface area contributed by atoms with Gasteiger partial charge in [0, 0.05) is 0 Å². The van der Waals surface area contributed by atoms with Gasteiger partial charge in [-0.25, -0.2) is 0 Å². The van der Waals surface area contributed by atoms with Gasteiger partial charge >= 0.3 is 0 Å². The molecule has 0 saturated carbocycles. The standard InChI is InChI=1S/C42H77NO4/c1-3-5-7-9-11-13-15-16-17-18-19-20-21-22-23-24-25-26-27-29-31-33-35-37-41(46)42(47)43-39(38-44)40(45)36-34-32-30-28-14-12-10-8-6-4-2/h6,8,14,22-23,28,34,36,39-41,44-46H,3-5,7,9-13,15-21,24-27,29-33,35,37-38H2,1-2H3,(H,43,47)/b8-6+,23-22-,28-14+,36-34+. The topological polar surface area (TPSA) is 89.8 Å². The van der Waals surface area contributed by atoms with Crippen LogP contribution in [0.4, 0.5) is 0 Å². The SMILES string of the molecule is CC/C=C/CC/C=C/CC/C=C/C(O)C(CO)NC(=O)C(O)CCCCCCCCC/C=C\CCCCCCCCCCCCCC. The summed E-state index contributed by atoms with van der Waals surface area (Å²) in [6.45, 7) is 4.03. The first-order valence-electron chi connectivity index (χ1n) is 20.0. The number of hydrogen-bond acceptors (Lipinski definition) is 4. The largest absolute Gasteiger partial charge is 0.394 e. The minimum absolute atomic E-state index is 0.385. The van der Waals surface area contributed by atoms with Gasteiger partial charge in [-0.1, -0.05) is 172 Å². The van der Waals surface area contributed by atoms with Crippen molar-refractivity contribution in [2.24, 2.45) is 0 Å². The molecule has 5 heteroatoms. The number of hydrogen-bond donors (Lipinski definition) is 4. The molecular weight excluding hydrogens is 582 g/mol. The van der Waals surface area contributed by atoms with Gasteiger partial charge in [0.05, 0.1) is 18.8 Å². The molecule has 0 spiro atoms. The van der Waals surface area contributed by atoms with E-state index in [4.69, 9.17) is 0 Å². The summed E-state index contributed by atoms with van der Waals surface area (Å²) < 4.78 is 0. The number of aliphatic hydroxyl groups excluding tert-OH is 3. The molecule has 0 saturated heterocycles. The van der Waals surface area contributed by atoms with Crippen molar-refractivity contribution < 1.29 is 20.1 Å². The van der Waals surface area contributed by atoms with Gasteiger partial charge in [0.1, 0.15) is 6.10 Å². The van der Waals surface area contributed by atoms with E-state index >= 15 is 0 Å². The lowest BCUT2D eigenvalue weighted by Crippen LogP contribution is -2.48. The Kier molecular flexibility index (Phi) is 35.8. The molecule has 4 N–H and O–H groups in total. The van der Waals surface area contributed by atoms with Crippen molar-refractivity contribution in [1.82, 2.24) is 5.32 Å². The van der Waals surface area contributed by atoms with Crippen molar-refractivity contribution in [2.75, 3.05) is 6.61 Å². The van der Waals surface area contributed by atoms with E-state index in [1.807, 2.05) is 6.08 Å². The molecule has 0 aliphatic heterocycles. The number of amides is 1. The molecule has 0 aliphatic rings. The third kappa shape index (κ3) is 32.6. The maximum Gasteiger partial charge on any atom is 0.249 e. The Hall–Kier alpha value is -1.69. The Balaban J connectivity index is 3.67. The van der Waals surface area contributed by atoms with Crippen LogP contribution in [0.3, 0.4) is 0 Å². The number of carbonyl (C=O) groups is 1. The molecule has 3 atom stereocenters. The van der Waals surface area contributed by atoms with Crippen LogP contribution in [0.2, 0.25) is 0 Å². The zero-order valence-corrected chi connectivity index (χ0v) is 30.9. The Morgan fingerprint density at radius 1 is 0.532 bits per heavy atom. The van der Waals surface area contributed by atoms with E-state index in [-0.39, 0.29) is 6.61 Å². The Morgan fingerprint density at radius 2 is 0.936 bits per heavy atom. The first kappa shape index (κ1) is 45.3. The van der Waals surface area contributed by atoms with Crippen LogP contribution in [0.15, 0.2) is 48.6 Å². The number of nitrogens with one attached hydrogen (secondary N) is 1. The van der Waals surface area contributed by atoms with Crippen molar-refractivity contribution in [3.05, 3.63) is 48.6 Å². The predicted molar refractivity (Wildman–Crippen MR) is 204 cm³/mol. The summed E-state index contributed by atoms with van der Waals surface area (Å²) in [7, 11) is 0. The molecule has 0 rings (SSSR count). The van der Waals surface area contributed by atoms with Gasteiger partial charge in [0.15, 0.2) is 0 Å². The fourth-order valence-corrected chi connectivity index (χ4v) is 5.75. The summed E-state index contributed by atoms with van der Waals surface area (Å²) in [6.07, 6.45) is 47.2. The average molecular weight is 660 g/mol. The van der Waals surface area contributed by atoms with E-state index in [0.717, 1.165) is 51.4 Å². The normalized spacial score (nSPS) is 14.2. The molecule has 0 aromatic rings. The molecule has 0 aliphatic carbocycles. The lowest BCUT2D eigenvalue weighted by molar-refractivity contribution is -0.131. The fourth-order valence-electron chi connectivity index (χ4n) is 5.75. The Morgan fingerprint density at radius 3 is 1.40 bits per heavy atom. The summed E-state index contributed by atoms with van der Waals surface area (Å²) in [5, 5.41) is 32.9. The van der Waals surface area contributed by atoms with Crippen LogP contribution < -0.4 is 5.32 Å². The summed E-state index contributed by atoms with van der Waals surface area (Å²) in [6, 6.07) is -0.821. The van der Waals surface area contributed by atoms with Gasteiger partial charge in [0.2, 0.25) is 5.91 Å². The minimum atomic E-state index is -1.11. The molecule has 0 bridgehead atoms. The lowest BCUT2D eigenvalue weighted by atomic mass is 10.0. The average Bonchev–Trinajstić information content (AvgIpc) is 3.07. The number of aliphatic hydroxyl groups is 3. The highest BCUT2D eigenvalue weighted by atomic mass is 16.3. The molecule has 0 aromatic carbocycles. The van der Waals surface area contributed by atoms with Gasteiger partial charge in [-0.05, 0) is 64.2 Å². The second kappa shape index (κ2) is 37.1. The summed E-state index contributed by atoms with van der Waals surface area (Å²) in [5.41, 5.74) is 0. The summed E-state index contributed by atoms with van der Waals surface area (Å²) in [5.74, 6) is -0.525. The van der Waals surface area contributed by atoms with Gasteiger partial charge in [-0.2, -0.15) is 0 Å². The van der Waals surface area contributed by atoms with Crippen LogP contribution in [0, 0.1) is 0 Å². The van der Waals surface area contributed by atoms with Crippen LogP contribution in [-0.2, 0) is 4.79 Å². The molecule has 0 fully saturated rings. The number of carbonyl (C=O) groups excluding carboxylic acids is 1. The number of rotatable bonds is 35. The molecule has 5 nitrogen and oxygen atoms in total. The van der Waals surface area contributed by atoms with Gasteiger partial charge in [0.25, 0.3) is 0 Å². The quantitative estimate of drug-likeness (QED) is 0.0402. The maximum atomic E-state index is 12.4. The van der Waals surface area contributed by atoms with Crippen molar-refractivity contribution in [2.45, 2.75) is 205 Å². The monoisotopic (exact) mass is 660 g/mol. The van der Waals surface area contributed by atoms with E-state index in [0.29, 0.717) is 6.42 Å². The highest BCUT2D eigenvalue weighted by Gasteiger charge is 2.22. The van der Waals surface area contributed by atoms with Crippen LogP contribution in [0.5, 0.6) is 0 Å². The first-order chi connectivity index (χ1) is 23.1. The molecule has 274 valence electrons. The van der Waals surface area contributed by atoms with Crippen molar-refractivity contribution >= 4 is 5.91 Å². The number of unbranched alkanes of at least 4 members (excludes halogenated alkanes) is 21. The van der Waals surface area contributed by atoms with Crippen molar-refractivity contribution in [3.8, 4) is 0 Å². The zero-order valence-electron chi connectivity index (χ0n) is 30.9. The third-order valence-electron chi connectivity index (χ3n) is 8.88. The van der Waals surface area contributed by atoms with Gasteiger partial charge in [-0.3, -0.25) is 4.79 Å². The highest BCUT2D eigenvalue weighted by molar-refractivity contribution is 5.80. The molecule has 47 heavy (non-hydrogen) atoms. The number of allylic oxidation sites excluding steroid dienone is 7. The molecule has 0 radical (unpaired) electrons. The van der Waals surface area contributed by atoms with Gasteiger partial charge < -0.3 is 20.6 Å².